The van der Waals surface area contributed by atoms with Gasteiger partial charge in [-0.05, 0) is 73.5 Å². The SMILES string of the molecule is COc1ccc(C#Cc2ccc([C@H]3[C@@H](CO)N4CCCCN(C(=O)c5ccncc5)C[C@H]34)cc2)cc1. The third-order valence-corrected chi connectivity index (χ3v) is 7.32. The molecule has 3 aromatic rings. The van der Waals surface area contributed by atoms with Gasteiger partial charge in [-0.25, -0.2) is 0 Å². The van der Waals surface area contributed by atoms with Crippen molar-refractivity contribution in [1.29, 1.82) is 0 Å². The van der Waals surface area contributed by atoms with Gasteiger partial charge >= 0.3 is 0 Å². The Balaban J connectivity index is 1.33. The molecule has 1 amide bonds. The van der Waals surface area contributed by atoms with Crippen molar-refractivity contribution in [3.63, 3.8) is 0 Å². The van der Waals surface area contributed by atoms with Crippen LogP contribution in [0.5, 0.6) is 5.75 Å². The molecule has 2 saturated heterocycles. The van der Waals surface area contributed by atoms with Gasteiger partial charge < -0.3 is 14.7 Å². The predicted octanol–water partition coefficient (Wildman–Crippen LogP) is 3.55. The van der Waals surface area contributed by atoms with Crippen LogP contribution in [-0.2, 0) is 0 Å². The average molecular weight is 482 g/mol. The molecule has 36 heavy (non-hydrogen) atoms. The van der Waals surface area contributed by atoms with Crippen LogP contribution in [0.2, 0.25) is 0 Å². The van der Waals surface area contributed by atoms with Crippen LogP contribution in [0.3, 0.4) is 0 Å². The number of carbonyl (C=O) groups is 1. The van der Waals surface area contributed by atoms with Gasteiger partial charge in [0, 0.05) is 60.2 Å². The number of aliphatic hydroxyl groups is 1. The van der Waals surface area contributed by atoms with E-state index >= 15 is 0 Å². The van der Waals surface area contributed by atoms with Crippen molar-refractivity contribution < 1.29 is 14.6 Å². The number of methoxy groups -OCH3 is 1. The lowest BCUT2D eigenvalue weighted by molar-refractivity contribution is -0.0606. The second-order valence-electron chi connectivity index (χ2n) is 9.38. The van der Waals surface area contributed by atoms with Crippen LogP contribution in [0.15, 0.2) is 73.1 Å². The van der Waals surface area contributed by atoms with Crippen molar-refractivity contribution in [3.8, 4) is 17.6 Å². The molecular formula is C30H31N3O3. The summed E-state index contributed by atoms with van der Waals surface area (Å²) in [6, 6.07) is 19.9. The maximum Gasteiger partial charge on any atom is 0.254 e. The highest BCUT2D eigenvalue weighted by atomic mass is 16.5. The molecule has 0 spiro atoms. The number of rotatable bonds is 4. The fourth-order valence-corrected chi connectivity index (χ4v) is 5.41. The van der Waals surface area contributed by atoms with E-state index in [1.54, 1.807) is 31.6 Å². The molecule has 1 N–H and O–H groups in total. The minimum Gasteiger partial charge on any atom is -0.497 e. The molecule has 0 radical (unpaired) electrons. The van der Waals surface area contributed by atoms with E-state index in [9.17, 15) is 9.90 Å². The zero-order valence-electron chi connectivity index (χ0n) is 20.5. The number of carbonyl (C=O) groups excluding carboxylic acids is 1. The van der Waals surface area contributed by atoms with Crippen LogP contribution in [0, 0.1) is 11.8 Å². The predicted molar refractivity (Wildman–Crippen MR) is 139 cm³/mol. The first kappa shape index (κ1) is 24.1. The first-order chi connectivity index (χ1) is 17.7. The zero-order valence-corrected chi connectivity index (χ0v) is 20.5. The number of fused-ring (bicyclic) bond motifs is 1. The van der Waals surface area contributed by atoms with Gasteiger partial charge in [0.2, 0.25) is 0 Å². The lowest BCUT2D eigenvalue weighted by Gasteiger charge is -2.57. The lowest BCUT2D eigenvalue weighted by atomic mass is 9.74. The maximum atomic E-state index is 13.2. The van der Waals surface area contributed by atoms with Gasteiger partial charge in [0.1, 0.15) is 5.75 Å². The molecular weight excluding hydrogens is 450 g/mol. The van der Waals surface area contributed by atoms with Crippen LogP contribution in [0.1, 0.15) is 45.8 Å². The van der Waals surface area contributed by atoms with Crippen LogP contribution in [-0.4, -0.2) is 71.2 Å². The molecule has 0 aliphatic carbocycles. The van der Waals surface area contributed by atoms with E-state index in [2.05, 4.69) is 33.9 Å². The summed E-state index contributed by atoms with van der Waals surface area (Å²) < 4.78 is 5.20. The van der Waals surface area contributed by atoms with E-state index in [0.29, 0.717) is 12.1 Å². The minimum atomic E-state index is 0.0506. The molecule has 2 aromatic carbocycles. The lowest BCUT2D eigenvalue weighted by Crippen LogP contribution is -2.67. The third kappa shape index (κ3) is 4.99. The number of hydrogen-bond acceptors (Lipinski definition) is 5. The fraction of sp³-hybridized carbons (Fsp3) is 0.333. The van der Waals surface area contributed by atoms with E-state index in [0.717, 1.165) is 42.8 Å². The van der Waals surface area contributed by atoms with Crippen molar-refractivity contribution in [2.24, 2.45) is 0 Å². The van der Waals surface area contributed by atoms with Gasteiger partial charge in [-0.1, -0.05) is 24.0 Å². The van der Waals surface area contributed by atoms with Crippen LogP contribution in [0.25, 0.3) is 0 Å². The number of pyridine rings is 1. The quantitative estimate of drug-likeness (QED) is 0.578. The Morgan fingerprint density at radius 3 is 2.25 bits per heavy atom. The van der Waals surface area contributed by atoms with E-state index < -0.39 is 0 Å². The Morgan fingerprint density at radius 1 is 0.972 bits per heavy atom. The summed E-state index contributed by atoms with van der Waals surface area (Å²) in [5.41, 5.74) is 3.73. The molecule has 2 fully saturated rings. The topological polar surface area (TPSA) is 65.9 Å². The van der Waals surface area contributed by atoms with Crippen molar-refractivity contribution in [1.82, 2.24) is 14.8 Å². The second-order valence-corrected chi connectivity index (χ2v) is 9.38. The number of aromatic nitrogens is 1. The van der Waals surface area contributed by atoms with Crippen LogP contribution >= 0.6 is 0 Å². The molecule has 0 saturated carbocycles. The van der Waals surface area contributed by atoms with Gasteiger partial charge in [0.05, 0.1) is 13.7 Å². The molecule has 0 unspecified atom stereocenters. The standard InChI is InChI=1S/C30H31N3O3/c1-36-26-12-8-23(9-13-26)5-4-22-6-10-24(11-7-22)29-27-20-32(30(35)25-14-16-31-17-15-25)18-2-3-19-33(27)28(29)21-34/h6-17,27-29,34H,2-3,18-21H2,1H3/t27-,28-,29-/m1/s1. The van der Waals surface area contributed by atoms with E-state index in [4.69, 9.17) is 4.74 Å². The summed E-state index contributed by atoms with van der Waals surface area (Å²) in [6.45, 7) is 2.47. The number of benzene rings is 2. The highest BCUT2D eigenvalue weighted by Crippen LogP contribution is 2.42. The fourth-order valence-electron chi connectivity index (χ4n) is 5.41. The van der Waals surface area contributed by atoms with Crippen molar-refractivity contribution in [2.45, 2.75) is 30.8 Å². The molecule has 2 aliphatic rings. The summed E-state index contributed by atoms with van der Waals surface area (Å²) >= 11 is 0. The highest BCUT2D eigenvalue weighted by molar-refractivity contribution is 5.94. The first-order valence-electron chi connectivity index (χ1n) is 12.5. The number of amides is 1. The number of aliphatic hydroxyl groups excluding tert-OH is 1. The smallest absolute Gasteiger partial charge is 0.254 e. The van der Waals surface area contributed by atoms with Gasteiger partial charge in [-0.15, -0.1) is 0 Å². The Bertz CT molecular complexity index is 1230. The maximum absolute atomic E-state index is 13.2. The molecule has 3 atom stereocenters. The first-order valence-corrected chi connectivity index (χ1v) is 12.5. The van der Waals surface area contributed by atoms with Gasteiger partial charge in [0.15, 0.2) is 0 Å². The second kappa shape index (κ2) is 10.9. The Labute approximate surface area is 212 Å². The van der Waals surface area contributed by atoms with Crippen molar-refractivity contribution in [3.05, 3.63) is 95.3 Å². The molecule has 6 heteroatoms. The van der Waals surface area contributed by atoms with Gasteiger partial charge in [0.25, 0.3) is 5.91 Å². The van der Waals surface area contributed by atoms with E-state index in [-0.39, 0.29) is 30.5 Å². The van der Waals surface area contributed by atoms with Crippen LogP contribution in [0.4, 0.5) is 0 Å². The van der Waals surface area contributed by atoms with Gasteiger partial charge in [-0.2, -0.15) is 0 Å². The number of hydrogen-bond donors (Lipinski definition) is 1. The van der Waals surface area contributed by atoms with Gasteiger partial charge in [-0.3, -0.25) is 14.7 Å². The largest absolute Gasteiger partial charge is 0.497 e. The molecule has 1 aromatic heterocycles. The molecule has 5 rings (SSSR count). The summed E-state index contributed by atoms with van der Waals surface area (Å²) in [4.78, 5) is 21.6. The Kier molecular flexibility index (Phi) is 7.31. The van der Waals surface area contributed by atoms with Crippen LogP contribution < -0.4 is 4.74 Å². The molecule has 6 nitrogen and oxygen atoms in total. The van der Waals surface area contributed by atoms with Crippen molar-refractivity contribution >= 4 is 5.91 Å². The van der Waals surface area contributed by atoms with Crippen molar-refractivity contribution in [2.75, 3.05) is 33.4 Å². The molecule has 3 heterocycles. The molecule has 2 aliphatic heterocycles. The zero-order chi connectivity index (χ0) is 24.9. The van der Waals surface area contributed by atoms with E-state index in [1.165, 1.54) is 5.56 Å². The average Bonchev–Trinajstić information content (AvgIpc) is 2.92. The monoisotopic (exact) mass is 481 g/mol. The minimum absolute atomic E-state index is 0.0506. The number of ether oxygens (including phenoxy) is 1. The molecule has 184 valence electrons. The number of nitrogens with zero attached hydrogens (tertiary/aromatic N) is 3. The summed E-state index contributed by atoms with van der Waals surface area (Å²) in [6.07, 6.45) is 5.30. The Morgan fingerprint density at radius 2 is 1.61 bits per heavy atom. The van der Waals surface area contributed by atoms with E-state index in [1.807, 2.05) is 41.3 Å². The summed E-state index contributed by atoms with van der Waals surface area (Å²) in [5.74, 6) is 7.47. The highest BCUT2D eigenvalue weighted by Gasteiger charge is 2.49. The molecule has 0 bridgehead atoms. The summed E-state index contributed by atoms with van der Waals surface area (Å²) in [5, 5.41) is 10.2. The third-order valence-electron chi connectivity index (χ3n) is 7.32. The normalized spacial score (nSPS) is 21.7. The Hall–Kier alpha value is -3.66. The summed E-state index contributed by atoms with van der Waals surface area (Å²) in [7, 11) is 1.65.